The van der Waals surface area contributed by atoms with E-state index in [-0.39, 0.29) is 11.9 Å². The van der Waals surface area contributed by atoms with Crippen molar-refractivity contribution in [3.8, 4) is 5.75 Å². The summed E-state index contributed by atoms with van der Waals surface area (Å²) in [4.78, 5) is 9.53. The molecule has 23 heavy (non-hydrogen) atoms. The number of benzene rings is 1. The van der Waals surface area contributed by atoms with Crippen molar-refractivity contribution in [2.45, 2.75) is 33.3 Å². The maximum Gasteiger partial charge on any atom is 0.146 e. The van der Waals surface area contributed by atoms with Gasteiger partial charge in [0.25, 0.3) is 0 Å². The minimum atomic E-state index is -0.326. The number of anilines is 2. The van der Waals surface area contributed by atoms with Gasteiger partial charge in [-0.1, -0.05) is 6.92 Å². The molecule has 0 fully saturated rings. The second-order valence-electron chi connectivity index (χ2n) is 5.42. The van der Waals surface area contributed by atoms with Gasteiger partial charge in [-0.15, -0.1) is 11.3 Å². The van der Waals surface area contributed by atoms with E-state index in [0.29, 0.717) is 17.3 Å². The highest BCUT2D eigenvalue weighted by atomic mass is 32.1. The molecule has 3 aromatic rings. The zero-order valence-electron chi connectivity index (χ0n) is 13.3. The minimum absolute atomic E-state index is 0.00523. The lowest BCUT2D eigenvalue weighted by Gasteiger charge is -2.17. The first-order valence-electron chi connectivity index (χ1n) is 7.50. The van der Waals surface area contributed by atoms with Crippen LogP contribution in [0, 0.1) is 12.7 Å². The molecular weight excluding hydrogens is 313 g/mol. The number of nitrogens with zero attached hydrogens (tertiary/aromatic N) is 2. The molecule has 0 saturated heterocycles. The quantitative estimate of drug-likeness (QED) is 0.710. The predicted octanol–water partition coefficient (Wildman–Crippen LogP) is 5.06. The Labute approximate surface area is 138 Å². The summed E-state index contributed by atoms with van der Waals surface area (Å²) in [6.07, 6.45) is 2.38. The summed E-state index contributed by atoms with van der Waals surface area (Å²) in [5.41, 5.74) is 1.80. The van der Waals surface area contributed by atoms with Gasteiger partial charge in [0.1, 0.15) is 28.5 Å². The average molecular weight is 331 g/mol. The first-order chi connectivity index (χ1) is 11.1. The summed E-state index contributed by atoms with van der Waals surface area (Å²) >= 11 is 1.58. The second-order valence-corrected chi connectivity index (χ2v) is 6.28. The van der Waals surface area contributed by atoms with E-state index >= 15 is 0 Å². The van der Waals surface area contributed by atoms with Crippen LogP contribution in [0.15, 0.2) is 29.9 Å². The fraction of sp³-hybridized carbons (Fsp3) is 0.294. The van der Waals surface area contributed by atoms with Crippen LogP contribution < -0.4 is 10.1 Å². The number of aryl methyl sites for hydroxylation is 1. The maximum atomic E-state index is 13.6. The van der Waals surface area contributed by atoms with Crippen LogP contribution in [0.1, 0.15) is 25.8 Å². The smallest absolute Gasteiger partial charge is 0.146 e. The normalized spacial score (nSPS) is 12.3. The van der Waals surface area contributed by atoms with Crippen LogP contribution in [-0.2, 0) is 0 Å². The summed E-state index contributed by atoms with van der Waals surface area (Å²) in [5.74, 6) is 0.863. The van der Waals surface area contributed by atoms with E-state index in [0.717, 1.165) is 22.2 Å². The molecule has 120 valence electrons. The monoisotopic (exact) mass is 331 g/mol. The molecule has 2 heterocycles. The van der Waals surface area contributed by atoms with Crippen LogP contribution in [0.5, 0.6) is 5.75 Å². The van der Waals surface area contributed by atoms with E-state index < -0.39 is 0 Å². The zero-order valence-corrected chi connectivity index (χ0v) is 14.1. The molecule has 2 aromatic heterocycles. The Hall–Kier alpha value is -2.21. The van der Waals surface area contributed by atoms with Gasteiger partial charge in [0.15, 0.2) is 0 Å². The Morgan fingerprint density at radius 2 is 2.17 bits per heavy atom. The topological polar surface area (TPSA) is 47.0 Å². The SMILES string of the molecule is CC[C@@H](C)Oc1cc(F)ccc1Nc1ncnc2scc(C)c12. The third-order valence-electron chi connectivity index (χ3n) is 3.65. The first kappa shape index (κ1) is 15.7. The summed E-state index contributed by atoms with van der Waals surface area (Å²) < 4.78 is 19.4. The highest BCUT2D eigenvalue weighted by Gasteiger charge is 2.13. The van der Waals surface area contributed by atoms with Crippen molar-refractivity contribution >= 4 is 33.1 Å². The van der Waals surface area contributed by atoms with E-state index in [4.69, 9.17) is 4.74 Å². The fourth-order valence-electron chi connectivity index (χ4n) is 2.24. The summed E-state index contributed by atoms with van der Waals surface area (Å²) in [6.45, 7) is 6.01. The van der Waals surface area contributed by atoms with Crippen molar-refractivity contribution in [1.82, 2.24) is 9.97 Å². The third-order valence-corrected chi connectivity index (χ3v) is 4.66. The number of hydrogen-bond donors (Lipinski definition) is 1. The molecule has 1 N–H and O–H groups in total. The number of halogens is 1. The van der Waals surface area contributed by atoms with Crippen LogP contribution >= 0.6 is 11.3 Å². The Balaban J connectivity index is 2.00. The first-order valence-corrected chi connectivity index (χ1v) is 8.38. The van der Waals surface area contributed by atoms with E-state index in [2.05, 4.69) is 15.3 Å². The summed E-state index contributed by atoms with van der Waals surface area (Å²) in [5, 5.41) is 6.29. The number of aromatic nitrogens is 2. The molecule has 6 heteroatoms. The Bertz CT molecular complexity index is 834. The van der Waals surface area contributed by atoms with Gasteiger partial charge in [-0.25, -0.2) is 14.4 Å². The lowest BCUT2D eigenvalue weighted by molar-refractivity contribution is 0.218. The summed E-state index contributed by atoms with van der Waals surface area (Å²) in [6, 6.07) is 4.47. The van der Waals surface area contributed by atoms with E-state index in [1.54, 1.807) is 17.4 Å². The molecule has 0 bridgehead atoms. The molecule has 0 aliphatic rings. The van der Waals surface area contributed by atoms with E-state index in [1.165, 1.54) is 18.5 Å². The van der Waals surface area contributed by atoms with Gasteiger partial charge < -0.3 is 10.1 Å². The number of rotatable bonds is 5. The van der Waals surface area contributed by atoms with Crippen LogP contribution in [0.25, 0.3) is 10.2 Å². The number of hydrogen-bond acceptors (Lipinski definition) is 5. The molecule has 0 aliphatic carbocycles. The fourth-order valence-corrected chi connectivity index (χ4v) is 3.13. The van der Waals surface area contributed by atoms with Gasteiger partial charge >= 0.3 is 0 Å². The molecule has 1 aromatic carbocycles. The molecule has 3 rings (SSSR count). The number of thiophene rings is 1. The number of fused-ring (bicyclic) bond motifs is 1. The molecule has 4 nitrogen and oxygen atoms in total. The van der Waals surface area contributed by atoms with Gasteiger partial charge in [0.05, 0.1) is 17.2 Å². The lowest BCUT2D eigenvalue weighted by Crippen LogP contribution is -2.11. The van der Waals surface area contributed by atoms with Crippen LogP contribution in [0.3, 0.4) is 0 Å². The Kier molecular flexibility index (Phi) is 4.43. The Morgan fingerprint density at radius 3 is 2.96 bits per heavy atom. The van der Waals surface area contributed by atoms with Crippen molar-refractivity contribution in [3.05, 3.63) is 41.3 Å². The molecule has 0 amide bonds. The number of nitrogens with one attached hydrogen (secondary N) is 1. The summed E-state index contributed by atoms with van der Waals surface area (Å²) in [7, 11) is 0. The van der Waals surface area contributed by atoms with Crippen LogP contribution in [0.2, 0.25) is 0 Å². The highest BCUT2D eigenvalue weighted by molar-refractivity contribution is 7.17. The van der Waals surface area contributed by atoms with Gasteiger partial charge in [-0.05, 0) is 43.3 Å². The third kappa shape index (κ3) is 3.27. The van der Waals surface area contributed by atoms with Gasteiger partial charge in [0.2, 0.25) is 0 Å². The van der Waals surface area contributed by atoms with Crippen molar-refractivity contribution in [2.75, 3.05) is 5.32 Å². The highest BCUT2D eigenvalue weighted by Crippen LogP contribution is 2.34. The average Bonchev–Trinajstić information content (AvgIpc) is 2.92. The predicted molar refractivity (Wildman–Crippen MR) is 92.2 cm³/mol. The number of ether oxygens (including phenoxy) is 1. The van der Waals surface area contributed by atoms with Crippen LogP contribution in [-0.4, -0.2) is 16.1 Å². The minimum Gasteiger partial charge on any atom is -0.488 e. The zero-order chi connectivity index (χ0) is 16.4. The van der Waals surface area contributed by atoms with Gasteiger partial charge in [-0.3, -0.25) is 0 Å². The van der Waals surface area contributed by atoms with Crippen molar-refractivity contribution in [3.63, 3.8) is 0 Å². The van der Waals surface area contributed by atoms with Crippen molar-refractivity contribution < 1.29 is 9.13 Å². The van der Waals surface area contributed by atoms with Crippen LogP contribution in [0.4, 0.5) is 15.9 Å². The second kappa shape index (κ2) is 6.50. The largest absolute Gasteiger partial charge is 0.488 e. The molecule has 0 aliphatic heterocycles. The molecule has 0 radical (unpaired) electrons. The standard InChI is InChI=1S/C17H18FN3OS/c1-4-11(3)22-14-7-12(18)5-6-13(14)21-16-15-10(2)8-23-17(15)20-9-19-16/h5-9,11H,4H2,1-3H3,(H,19,20,21)/t11-/m1/s1. The van der Waals surface area contributed by atoms with E-state index in [1.807, 2.05) is 26.2 Å². The van der Waals surface area contributed by atoms with E-state index in [9.17, 15) is 4.39 Å². The van der Waals surface area contributed by atoms with Crippen molar-refractivity contribution in [2.24, 2.45) is 0 Å². The maximum absolute atomic E-state index is 13.6. The molecular formula is C17H18FN3OS. The molecule has 1 atom stereocenters. The Morgan fingerprint density at radius 1 is 1.35 bits per heavy atom. The molecule has 0 unspecified atom stereocenters. The lowest BCUT2D eigenvalue weighted by atomic mass is 10.2. The van der Waals surface area contributed by atoms with Gasteiger partial charge in [-0.2, -0.15) is 0 Å². The van der Waals surface area contributed by atoms with Gasteiger partial charge in [0, 0.05) is 6.07 Å². The van der Waals surface area contributed by atoms with Crippen molar-refractivity contribution in [1.29, 1.82) is 0 Å². The molecule has 0 spiro atoms. The molecule has 0 saturated carbocycles.